The quantitative estimate of drug-likeness (QED) is 0.240. The second-order valence-corrected chi connectivity index (χ2v) is 13.5. The zero-order chi connectivity index (χ0) is 30.4. The van der Waals surface area contributed by atoms with Crippen molar-refractivity contribution >= 4 is 17.0 Å². The molecule has 1 aromatic heterocycles. The van der Waals surface area contributed by atoms with E-state index in [1.807, 2.05) is 6.07 Å². The van der Waals surface area contributed by atoms with Crippen molar-refractivity contribution in [2.24, 2.45) is 0 Å². The summed E-state index contributed by atoms with van der Waals surface area (Å²) in [5.74, 6) is 0.644. The first-order chi connectivity index (χ1) is 21.4. The predicted molar refractivity (Wildman–Crippen MR) is 176 cm³/mol. The van der Waals surface area contributed by atoms with Gasteiger partial charge in [-0.3, -0.25) is 9.80 Å². The molecule has 7 rings (SSSR count). The van der Waals surface area contributed by atoms with Gasteiger partial charge in [0.15, 0.2) is 12.0 Å². The molecular weight excluding hydrogens is 566 g/mol. The second kappa shape index (κ2) is 12.0. The van der Waals surface area contributed by atoms with Gasteiger partial charge in [0.2, 0.25) is 0 Å². The number of aromatic nitrogens is 1. The summed E-state index contributed by atoms with van der Waals surface area (Å²) < 4.78 is 6.44. The summed E-state index contributed by atoms with van der Waals surface area (Å²) in [6.07, 6.45) is 3.04. The minimum Gasteiger partial charge on any atom is -0.463 e. The molecule has 0 radical (unpaired) electrons. The number of benzene rings is 3. The van der Waals surface area contributed by atoms with E-state index in [9.17, 15) is 10.4 Å². The number of aliphatic hydroxyl groups is 1. The maximum atomic E-state index is 9.96. The van der Waals surface area contributed by atoms with Gasteiger partial charge in [-0.1, -0.05) is 36.4 Å². The van der Waals surface area contributed by atoms with Crippen LogP contribution >= 0.6 is 11.3 Å². The van der Waals surface area contributed by atoms with Gasteiger partial charge in [0.05, 0.1) is 23.6 Å². The van der Waals surface area contributed by atoms with E-state index in [1.165, 1.54) is 45.7 Å². The van der Waals surface area contributed by atoms with Crippen molar-refractivity contribution in [2.75, 3.05) is 31.6 Å². The highest BCUT2D eigenvalue weighted by atomic mass is 32.1. The lowest BCUT2D eigenvalue weighted by atomic mass is 9.91. The Balaban J connectivity index is 1.17. The van der Waals surface area contributed by atoms with E-state index in [2.05, 4.69) is 84.4 Å². The first kappa shape index (κ1) is 29.0. The molecule has 0 saturated carbocycles. The fraction of sp³-hybridized carbons (Fsp3) is 0.389. The molecular formula is C36H39N5O2S. The molecule has 0 amide bonds. The van der Waals surface area contributed by atoms with Crippen LogP contribution in [0.25, 0.3) is 21.7 Å². The molecule has 2 N–H and O–H groups in total. The van der Waals surface area contributed by atoms with Crippen molar-refractivity contribution < 1.29 is 9.84 Å². The molecule has 7 nitrogen and oxygen atoms in total. The van der Waals surface area contributed by atoms with Crippen LogP contribution in [-0.4, -0.2) is 52.2 Å². The average Bonchev–Trinajstić information content (AvgIpc) is 3.80. The van der Waals surface area contributed by atoms with Gasteiger partial charge in [-0.05, 0) is 86.7 Å². The van der Waals surface area contributed by atoms with E-state index >= 15 is 0 Å². The molecule has 226 valence electrons. The highest BCUT2D eigenvalue weighted by molar-refractivity contribution is 7.15. The van der Waals surface area contributed by atoms with Crippen molar-refractivity contribution in [3.8, 4) is 33.5 Å². The van der Waals surface area contributed by atoms with E-state index in [1.54, 1.807) is 11.3 Å². The molecule has 4 aromatic rings. The Hall–Kier alpha value is -3.74. The number of nitriles is 1. The van der Waals surface area contributed by atoms with E-state index in [4.69, 9.17) is 9.72 Å². The molecule has 0 bridgehead atoms. The van der Waals surface area contributed by atoms with Crippen LogP contribution in [0.2, 0.25) is 0 Å². The van der Waals surface area contributed by atoms with Crippen molar-refractivity contribution in [1.29, 1.82) is 5.26 Å². The molecule has 0 spiro atoms. The Morgan fingerprint density at radius 2 is 1.82 bits per heavy atom. The zero-order valence-corrected chi connectivity index (χ0v) is 26.5. The number of fused-ring (bicyclic) bond motifs is 2. The molecule has 3 aliphatic rings. The lowest BCUT2D eigenvalue weighted by molar-refractivity contribution is 0.123. The van der Waals surface area contributed by atoms with Crippen LogP contribution in [0, 0.1) is 25.2 Å². The third-order valence-corrected chi connectivity index (χ3v) is 10.7. The maximum absolute atomic E-state index is 9.96. The Labute approximate surface area is 263 Å². The third kappa shape index (κ3) is 5.28. The zero-order valence-electron chi connectivity index (χ0n) is 25.7. The lowest BCUT2D eigenvalue weighted by Gasteiger charge is -2.30. The van der Waals surface area contributed by atoms with E-state index < -0.39 is 0 Å². The summed E-state index contributed by atoms with van der Waals surface area (Å²) in [6, 6.07) is 19.6. The minimum atomic E-state index is -0.363. The topological polar surface area (TPSA) is 84.7 Å². The average molecular weight is 606 g/mol. The van der Waals surface area contributed by atoms with Gasteiger partial charge in [-0.25, -0.2) is 4.98 Å². The Morgan fingerprint density at radius 1 is 1.07 bits per heavy atom. The van der Waals surface area contributed by atoms with Gasteiger partial charge in [-0.15, -0.1) is 11.3 Å². The first-order valence-electron chi connectivity index (χ1n) is 15.7. The molecule has 0 aliphatic carbocycles. The summed E-state index contributed by atoms with van der Waals surface area (Å²) in [6.45, 7) is 11.5. The molecule has 3 aliphatic heterocycles. The summed E-state index contributed by atoms with van der Waals surface area (Å²) in [5.41, 5.74) is 10.8. The smallest absolute Gasteiger partial charge is 0.196 e. The maximum Gasteiger partial charge on any atom is 0.196 e. The minimum absolute atomic E-state index is 0.156. The van der Waals surface area contributed by atoms with Gasteiger partial charge < -0.3 is 15.2 Å². The van der Waals surface area contributed by atoms with Crippen LogP contribution in [0.4, 0.5) is 5.69 Å². The van der Waals surface area contributed by atoms with Crippen molar-refractivity contribution in [1.82, 2.24) is 14.8 Å². The van der Waals surface area contributed by atoms with E-state index in [0.717, 1.165) is 66.5 Å². The number of ether oxygens (including phenoxy) is 1. The molecule has 2 atom stereocenters. The number of aliphatic hydroxyl groups excluding tert-OH is 1. The second-order valence-electron chi connectivity index (χ2n) is 12.4. The Kier molecular flexibility index (Phi) is 7.90. The number of nitrogens with zero attached hydrogens (tertiary/aromatic N) is 4. The van der Waals surface area contributed by atoms with Crippen LogP contribution in [0.3, 0.4) is 0 Å². The number of hydrogen-bond acceptors (Lipinski definition) is 8. The summed E-state index contributed by atoms with van der Waals surface area (Å²) in [5, 5.41) is 24.3. The van der Waals surface area contributed by atoms with Crippen molar-refractivity contribution in [2.45, 2.75) is 65.4 Å². The summed E-state index contributed by atoms with van der Waals surface area (Å²) in [4.78, 5) is 11.2. The highest BCUT2D eigenvalue weighted by Crippen LogP contribution is 2.44. The number of likely N-dealkylation sites (tertiary alicyclic amines) is 1. The van der Waals surface area contributed by atoms with E-state index in [-0.39, 0.29) is 18.9 Å². The Bertz CT molecular complexity index is 1750. The van der Waals surface area contributed by atoms with Crippen LogP contribution < -0.4 is 10.1 Å². The molecule has 8 heteroatoms. The van der Waals surface area contributed by atoms with E-state index in [0.29, 0.717) is 11.3 Å². The number of anilines is 1. The molecule has 44 heavy (non-hydrogen) atoms. The number of hydrogen-bond donors (Lipinski definition) is 2. The normalized spacial score (nSPS) is 18.8. The van der Waals surface area contributed by atoms with Gasteiger partial charge >= 0.3 is 0 Å². The fourth-order valence-corrected chi connectivity index (χ4v) is 8.15. The SMILES string of the molecule is Cc1c(-c2nc3c(s2)CN(C(C)CO)CC3)cccc1-c1cccc(C2Nc3cc(CN4CCCC4)cc(C#N)c3O2)c1C. The van der Waals surface area contributed by atoms with Crippen LogP contribution in [0.1, 0.15) is 64.4 Å². The van der Waals surface area contributed by atoms with Crippen LogP contribution in [0.5, 0.6) is 5.75 Å². The third-order valence-electron chi connectivity index (χ3n) is 9.56. The Morgan fingerprint density at radius 3 is 2.59 bits per heavy atom. The molecule has 4 heterocycles. The van der Waals surface area contributed by atoms with Gasteiger partial charge in [0.1, 0.15) is 11.1 Å². The molecule has 1 fully saturated rings. The number of thiazole rings is 1. The molecule has 1 saturated heterocycles. The number of rotatable bonds is 7. The van der Waals surface area contributed by atoms with Gasteiger partial charge in [-0.2, -0.15) is 5.26 Å². The predicted octanol–water partition coefficient (Wildman–Crippen LogP) is 6.80. The molecule has 3 aromatic carbocycles. The first-order valence-corrected chi connectivity index (χ1v) is 16.5. The van der Waals surface area contributed by atoms with Gasteiger partial charge in [0, 0.05) is 48.1 Å². The standard InChI is InChI=1S/C36H39N5O2S/c1-22(21-42)41-15-12-31-33(20-41)44-36(39-31)30-11-7-9-28(24(30)3)27-8-6-10-29(23(27)2)35-38-32-17-25(19-40-13-4-5-14-40)16-26(18-37)34(32)43-35/h6-11,16-17,22,35,38,42H,4-5,12-15,19-21H2,1-3H3. The highest BCUT2D eigenvalue weighted by Gasteiger charge is 2.30. The summed E-state index contributed by atoms with van der Waals surface area (Å²) in [7, 11) is 0. The number of nitrogens with one attached hydrogen (secondary N) is 1. The molecule has 2 unspecified atom stereocenters. The van der Waals surface area contributed by atoms with Crippen molar-refractivity contribution in [3.05, 3.63) is 86.9 Å². The fourth-order valence-electron chi connectivity index (χ4n) is 6.94. The summed E-state index contributed by atoms with van der Waals surface area (Å²) >= 11 is 1.78. The largest absolute Gasteiger partial charge is 0.463 e. The van der Waals surface area contributed by atoms with Crippen LogP contribution in [0.15, 0.2) is 48.5 Å². The van der Waals surface area contributed by atoms with Crippen molar-refractivity contribution in [3.63, 3.8) is 0 Å². The van der Waals surface area contributed by atoms with Crippen LogP contribution in [-0.2, 0) is 19.5 Å². The van der Waals surface area contributed by atoms with Gasteiger partial charge in [0.25, 0.3) is 0 Å². The monoisotopic (exact) mass is 605 g/mol. The lowest BCUT2D eigenvalue weighted by Crippen LogP contribution is -2.39.